The van der Waals surface area contributed by atoms with Crippen molar-refractivity contribution in [2.45, 2.75) is 32.3 Å². The van der Waals surface area contributed by atoms with Crippen molar-refractivity contribution >= 4 is 39.6 Å². The number of nitrogens with zero attached hydrogens (tertiary/aromatic N) is 3. The topological polar surface area (TPSA) is 106 Å². The number of carboxylic acids is 1. The Morgan fingerprint density at radius 2 is 2.21 bits per heavy atom. The maximum Gasteiger partial charge on any atom is 0.341 e. The standard InChI is InChI=1S/C24H28N4O5S/c1-15-8-19(27-10-16(11-27)13-32-14-17-4-2-3-6-33-17)26-23-21(15)22(29)18(24(30)31)12-28(23)20-9-25-5-7-34-20/h5,7-9,12,16-17,25H,2-4,6,10-11,13-14H2,1H3,(H,30,31). The summed E-state index contributed by atoms with van der Waals surface area (Å²) in [6.45, 7) is 5.65. The first-order valence-electron chi connectivity index (χ1n) is 11.5. The van der Waals surface area contributed by atoms with Crippen LogP contribution in [0.5, 0.6) is 0 Å². The van der Waals surface area contributed by atoms with Crippen molar-refractivity contribution in [2.24, 2.45) is 5.92 Å². The van der Waals surface area contributed by atoms with Crippen molar-refractivity contribution < 1.29 is 19.4 Å². The first kappa shape index (κ1) is 22.9. The van der Waals surface area contributed by atoms with Gasteiger partial charge >= 0.3 is 5.97 Å². The number of ether oxygens (including phenoxy) is 2. The fourth-order valence-electron chi connectivity index (χ4n) is 4.55. The Morgan fingerprint density at radius 1 is 1.35 bits per heavy atom. The van der Waals surface area contributed by atoms with E-state index in [2.05, 4.69) is 10.2 Å². The Kier molecular flexibility index (Phi) is 6.62. The molecule has 1 unspecified atom stereocenters. The zero-order chi connectivity index (χ0) is 23.7. The zero-order valence-corrected chi connectivity index (χ0v) is 19.8. The number of rotatable bonds is 7. The van der Waals surface area contributed by atoms with Gasteiger partial charge < -0.3 is 24.8 Å². The lowest BCUT2D eigenvalue weighted by molar-refractivity contribution is -0.0483. The second-order valence-corrected chi connectivity index (χ2v) is 9.84. The molecule has 0 radical (unpaired) electrons. The van der Waals surface area contributed by atoms with Gasteiger partial charge in [-0.05, 0) is 43.2 Å². The molecule has 2 saturated heterocycles. The summed E-state index contributed by atoms with van der Waals surface area (Å²) in [5, 5.41) is 15.5. The lowest BCUT2D eigenvalue weighted by atomic mass is 10.0. The molecule has 5 rings (SSSR count). The minimum absolute atomic E-state index is 0.221. The lowest BCUT2D eigenvalue weighted by Gasteiger charge is -2.40. The van der Waals surface area contributed by atoms with Gasteiger partial charge in [-0.25, -0.2) is 9.78 Å². The number of carboxylic acid groups (broad SMARTS) is 1. The Bertz CT molecular complexity index is 1210. The van der Waals surface area contributed by atoms with E-state index in [0.29, 0.717) is 35.7 Å². The second-order valence-electron chi connectivity index (χ2n) is 8.91. The molecule has 0 spiro atoms. The van der Waals surface area contributed by atoms with Crippen LogP contribution in [-0.2, 0) is 9.47 Å². The quantitative estimate of drug-likeness (QED) is 0.613. The van der Waals surface area contributed by atoms with E-state index in [1.807, 2.05) is 18.4 Å². The number of thioether (sulfide) groups is 1. The van der Waals surface area contributed by atoms with Crippen molar-refractivity contribution in [2.75, 3.05) is 37.8 Å². The average Bonchev–Trinajstić information content (AvgIpc) is 2.81. The number of hydrogen-bond acceptors (Lipinski definition) is 8. The fraction of sp³-hybridized carbons (Fsp3) is 0.458. The number of aromatic carboxylic acids is 1. The van der Waals surface area contributed by atoms with Gasteiger partial charge in [0.1, 0.15) is 16.4 Å². The molecule has 2 N–H and O–H groups in total. The summed E-state index contributed by atoms with van der Waals surface area (Å²) in [7, 11) is 0. The third kappa shape index (κ3) is 4.57. The van der Waals surface area contributed by atoms with E-state index in [1.54, 1.807) is 17.0 Å². The first-order valence-corrected chi connectivity index (χ1v) is 12.4. The number of aromatic nitrogens is 2. The van der Waals surface area contributed by atoms with E-state index in [4.69, 9.17) is 14.5 Å². The monoisotopic (exact) mass is 484 g/mol. The number of fused-ring (bicyclic) bond motifs is 1. The maximum atomic E-state index is 13.0. The molecule has 34 heavy (non-hydrogen) atoms. The minimum Gasteiger partial charge on any atom is -0.477 e. The van der Waals surface area contributed by atoms with Crippen molar-refractivity contribution in [1.82, 2.24) is 14.9 Å². The molecule has 2 fully saturated rings. The van der Waals surface area contributed by atoms with E-state index in [9.17, 15) is 14.7 Å². The summed E-state index contributed by atoms with van der Waals surface area (Å²) < 4.78 is 13.3. The minimum atomic E-state index is -1.25. The molecule has 0 amide bonds. The van der Waals surface area contributed by atoms with Crippen LogP contribution in [-0.4, -0.2) is 59.6 Å². The van der Waals surface area contributed by atoms with Crippen LogP contribution in [0.2, 0.25) is 0 Å². The van der Waals surface area contributed by atoms with Crippen LogP contribution in [0.3, 0.4) is 0 Å². The Balaban J connectivity index is 1.36. The summed E-state index contributed by atoms with van der Waals surface area (Å²) in [6, 6.07) is 1.87. The van der Waals surface area contributed by atoms with Crippen LogP contribution >= 0.6 is 11.8 Å². The molecule has 180 valence electrons. The van der Waals surface area contributed by atoms with E-state index < -0.39 is 11.4 Å². The van der Waals surface area contributed by atoms with Crippen molar-refractivity contribution in [3.8, 4) is 0 Å². The molecule has 5 heterocycles. The summed E-state index contributed by atoms with van der Waals surface area (Å²) in [5.41, 5.74) is 0.375. The molecule has 1 atom stereocenters. The third-order valence-corrected chi connectivity index (χ3v) is 7.21. The van der Waals surface area contributed by atoms with Crippen LogP contribution in [0, 0.1) is 12.8 Å². The number of aryl methyl sites for hydroxylation is 1. The Morgan fingerprint density at radius 3 is 2.91 bits per heavy atom. The van der Waals surface area contributed by atoms with Crippen LogP contribution in [0.25, 0.3) is 16.1 Å². The molecule has 2 aromatic heterocycles. The Labute approximate surface area is 201 Å². The predicted octanol–water partition coefficient (Wildman–Crippen LogP) is 2.99. The highest BCUT2D eigenvalue weighted by Gasteiger charge is 2.30. The maximum absolute atomic E-state index is 13.0. The summed E-state index contributed by atoms with van der Waals surface area (Å²) in [6.07, 6.45) is 8.55. The van der Waals surface area contributed by atoms with Crippen molar-refractivity contribution in [3.05, 3.63) is 51.4 Å². The molecule has 0 aliphatic carbocycles. The molecule has 3 aliphatic rings. The highest BCUT2D eigenvalue weighted by Crippen LogP contribution is 2.31. The largest absolute Gasteiger partial charge is 0.477 e. The van der Waals surface area contributed by atoms with Crippen LogP contribution in [0.4, 0.5) is 5.82 Å². The first-order chi connectivity index (χ1) is 16.5. The highest BCUT2D eigenvalue weighted by atomic mass is 32.2. The van der Waals surface area contributed by atoms with Gasteiger partial charge in [-0.15, -0.1) is 0 Å². The molecule has 10 heteroatoms. The van der Waals surface area contributed by atoms with Gasteiger partial charge in [-0.3, -0.25) is 9.36 Å². The van der Waals surface area contributed by atoms with Gasteiger partial charge in [0.15, 0.2) is 5.65 Å². The van der Waals surface area contributed by atoms with E-state index >= 15 is 0 Å². The van der Waals surface area contributed by atoms with Gasteiger partial charge in [0.2, 0.25) is 5.43 Å². The van der Waals surface area contributed by atoms with Crippen molar-refractivity contribution in [1.29, 1.82) is 0 Å². The summed E-state index contributed by atoms with van der Waals surface area (Å²) in [5.74, 6) is -0.0554. The van der Waals surface area contributed by atoms with E-state index in [0.717, 1.165) is 43.4 Å². The fourth-order valence-corrected chi connectivity index (χ4v) is 5.22. The number of anilines is 1. The highest BCUT2D eigenvalue weighted by molar-refractivity contribution is 8.10. The average molecular weight is 485 g/mol. The normalized spacial score (nSPS) is 20.7. The van der Waals surface area contributed by atoms with Gasteiger partial charge in [0.05, 0.1) is 24.7 Å². The molecular formula is C24H28N4O5S. The number of hydrogen-bond donors (Lipinski definition) is 2. The third-order valence-electron chi connectivity index (χ3n) is 6.38. The molecule has 0 aromatic carbocycles. The van der Waals surface area contributed by atoms with Crippen LogP contribution < -0.4 is 15.6 Å². The SMILES string of the molecule is Cc1cc(N2CC(COCC3CCCCO3)C2)nc2c1c(=O)c(C(=O)O)cn2C1=CNC=CS1. The van der Waals surface area contributed by atoms with E-state index in [1.165, 1.54) is 24.4 Å². The molecule has 3 aliphatic heterocycles. The molecular weight excluding hydrogens is 456 g/mol. The molecule has 2 aromatic rings. The van der Waals surface area contributed by atoms with Crippen LogP contribution in [0.1, 0.15) is 35.2 Å². The van der Waals surface area contributed by atoms with E-state index in [-0.39, 0.29) is 11.7 Å². The number of nitrogens with one attached hydrogen (secondary N) is 1. The smallest absolute Gasteiger partial charge is 0.341 e. The lowest BCUT2D eigenvalue weighted by Crippen LogP contribution is -2.49. The second kappa shape index (κ2) is 9.81. The van der Waals surface area contributed by atoms with Gasteiger partial charge in [0.25, 0.3) is 0 Å². The zero-order valence-electron chi connectivity index (χ0n) is 19.0. The summed E-state index contributed by atoms with van der Waals surface area (Å²) >= 11 is 1.42. The van der Waals surface area contributed by atoms with Gasteiger partial charge in [0, 0.05) is 44.2 Å². The summed E-state index contributed by atoms with van der Waals surface area (Å²) in [4.78, 5) is 31.7. The Hall–Kier alpha value is -2.82. The number of carbonyl (C=O) groups is 1. The molecule has 0 bridgehead atoms. The number of pyridine rings is 2. The molecule has 9 nitrogen and oxygen atoms in total. The van der Waals surface area contributed by atoms with Gasteiger partial charge in [-0.1, -0.05) is 11.8 Å². The van der Waals surface area contributed by atoms with Crippen LogP contribution in [0.15, 0.2) is 34.9 Å². The predicted molar refractivity (Wildman–Crippen MR) is 132 cm³/mol. The molecule has 0 saturated carbocycles. The van der Waals surface area contributed by atoms with Crippen molar-refractivity contribution in [3.63, 3.8) is 0 Å². The van der Waals surface area contributed by atoms with Gasteiger partial charge in [-0.2, -0.15) is 0 Å².